The largest absolute Gasteiger partial charge is 0.508 e. The number of primary amides is 1. The van der Waals surface area contributed by atoms with E-state index in [0.29, 0.717) is 12.1 Å². The van der Waals surface area contributed by atoms with Gasteiger partial charge in [0.2, 0.25) is 0 Å². The smallest absolute Gasteiger partial charge is 0.416 e. The molecular formula is C30H23F6NO7. The van der Waals surface area contributed by atoms with Gasteiger partial charge in [-0.1, -0.05) is 31.2 Å². The highest BCUT2D eigenvalue weighted by atomic mass is 19.4. The second kappa shape index (κ2) is 9.97. The summed E-state index contributed by atoms with van der Waals surface area (Å²) in [5.74, 6) is -8.69. The maximum atomic E-state index is 13.7. The monoisotopic (exact) mass is 623 g/mol. The fourth-order valence-corrected chi connectivity index (χ4v) is 6.33. The second-order valence-corrected chi connectivity index (χ2v) is 11.0. The number of amides is 1. The summed E-state index contributed by atoms with van der Waals surface area (Å²) >= 11 is 0. The van der Waals surface area contributed by atoms with E-state index in [2.05, 4.69) is 0 Å². The van der Waals surface area contributed by atoms with Gasteiger partial charge in [-0.2, -0.15) is 26.3 Å². The number of benzene rings is 2. The number of ketones is 2. The third-order valence-corrected chi connectivity index (χ3v) is 8.54. The lowest BCUT2D eigenvalue weighted by atomic mass is 9.58. The number of hydrogen-bond donors (Lipinski definition) is 5. The summed E-state index contributed by atoms with van der Waals surface area (Å²) in [5.41, 5.74) is -2.68. The summed E-state index contributed by atoms with van der Waals surface area (Å²) in [6.07, 6.45) is -8.82. The Morgan fingerprint density at radius 2 is 1.55 bits per heavy atom. The van der Waals surface area contributed by atoms with Crippen LogP contribution >= 0.6 is 0 Å². The Bertz CT molecular complexity index is 1700. The lowest BCUT2D eigenvalue weighted by Gasteiger charge is -2.47. The summed E-state index contributed by atoms with van der Waals surface area (Å²) in [6.45, 7) is 1.64. The first-order chi connectivity index (χ1) is 20.3. The van der Waals surface area contributed by atoms with Crippen molar-refractivity contribution < 1.29 is 61.2 Å². The second-order valence-electron chi connectivity index (χ2n) is 11.0. The number of hydrogen-bond acceptors (Lipinski definition) is 7. The predicted octanol–water partition coefficient (Wildman–Crippen LogP) is 5.35. The van der Waals surface area contributed by atoms with Crippen molar-refractivity contribution in [3.8, 4) is 5.75 Å². The zero-order valence-electron chi connectivity index (χ0n) is 22.5. The number of fused-ring (bicyclic) bond motifs is 3. The number of aromatic hydroxyl groups is 1. The summed E-state index contributed by atoms with van der Waals surface area (Å²) in [7, 11) is 0. The molecule has 1 amide bonds. The number of allylic oxidation sites excluding steroid dienone is 1. The standard InChI is InChI=1S/C30H23F6NO7/c1-11-17-5-4-13(3-2-12-6-15(29(31,32)33)8-16(7-12)30(34,35)36)23(39)20(17)24(40)21-18(11)9-14-10-19(38)22(27(37)43)26(42)28(14,44)25(21)41/h2-8,11,14,18,39,41-42,44H,9-10H2,1H3,(H2,37,43)/b3-2+/t11-,14-,18?,28-/m0/s1. The molecule has 3 aliphatic rings. The average molecular weight is 624 g/mol. The van der Waals surface area contributed by atoms with Crippen molar-refractivity contribution in [2.75, 3.05) is 0 Å². The van der Waals surface area contributed by atoms with Crippen molar-refractivity contribution in [1.29, 1.82) is 0 Å². The number of carbonyl (C=O) groups is 3. The molecule has 232 valence electrons. The first kappa shape index (κ1) is 30.9. The molecule has 14 heteroatoms. The van der Waals surface area contributed by atoms with Crippen LogP contribution in [0.3, 0.4) is 0 Å². The number of halogens is 6. The Labute approximate surface area is 244 Å². The Morgan fingerprint density at radius 1 is 0.955 bits per heavy atom. The van der Waals surface area contributed by atoms with Crippen LogP contribution in [0.15, 0.2) is 53.0 Å². The van der Waals surface area contributed by atoms with E-state index in [4.69, 9.17) is 5.73 Å². The van der Waals surface area contributed by atoms with E-state index in [0.717, 1.165) is 12.2 Å². The molecule has 0 aromatic heterocycles. The summed E-state index contributed by atoms with van der Waals surface area (Å²) in [4.78, 5) is 38.0. The molecule has 0 spiro atoms. The SMILES string of the molecule is C[C@H]1c2ccc(/C=C/c3cc(C(F)(F)F)cc(C(F)(F)F)c3)c(O)c2C(=O)C2=C(O)[C@]3(O)C(O)=C(C(N)=O)C(=O)C[C@@H]3CC21. The molecule has 0 aliphatic heterocycles. The van der Waals surface area contributed by atoms with Gasteiger partial charge in [0.1, 0.15) is 22.8 Å². The summed E-state index contributed by atoms with van der Waals surface area (Å²) in [6, 6.07) is 3.66. The van der Waals surface area contributed by atoms with Gasteiger partial charge < -0.3 is 26.2 Å². The maximum Gasteiger partial charge on any atom is 0.416 e. The zero-order chi connectivity index (χ0) is 32.7. The first-order valence-corrected chi connectivity index (χ1v) is 13.1. The molecule has 0 heterocycles. The topological polar surface area (TPSA) is 158 Å². The summed E-state index contributed by atoms with van der Waals surface area (Å²) < 4.78 is 79.6. The van der Waals surface area contributed by atoms with Crippen molar-refractivity contribution in [1.82, 2.24) is 0 Å². The molecule has 0 saturated heterocycles. The number of phenols is 1. The van der Waals surface area contributed by atoms with E-state index in [-0.39, 0.29) is 29.2 Å². The van der Waals surface area contributed by atoms with E-state index in [1.165, 1.54) is 12.1 Å². The number of aliphatic hydroxyl groups is 3. The van der Waals surface area contributed by atoms with Gasteiger partial charge in [-0.25, -0.2) is 0 Å². The Balaban J connectivity index is 1.61. The molecule has 8 nitrogen and oxygen atoms in total. The highest BCUT2D eigenvalue weighted by Crippen LogP contribution is 2.55. The normalized spacial score (nSPS) is 25.7. The van der Waals surface area contributed by atoms with Crippen molar-refractivity contribution in [3.05, 3.63) is 86.4 Å². The number of nitrogens with two attached hydrogens (primary N) is 1. The van der Waals surface area contributed by atoms with Crippen LogP contribution in [0.1, 0.15) is 63.9 Å². The number of alkyl halides is 6. The van der Waals surface area contributed by atoms with Crippen molar-refractivity contribution in [3.63, 3.8) is 0 Å². The lowest BCUT2D eigenvalue weighted by Crippen LogP contribution is -2.54. The molecule has 3 aliphatic carbocycles. The van der Waals surface area contributed by atoms with Gasteiger partial charge in [0, 0.05) is 23.5 Å². The number of Topliss-reactive ketones (excluding diaryl/α,β-unsaturated/α-hetero) is 2. The minimum absolute atomic E-state index is 0.0331. The fraction of sp³-hybridized carbons (Fsp3) is 0.300. The number of phenolic OH excluding ortho intramolecular Hbond substituents is 1. The molecule has 4 atom stereocenters. The third kappa shape index (κ3) is 4.64. The van der Waals surface area contributed by atoms with Crippen LogP contribution in [0.4, 0.5) is 26.3 Å². The highest BCUT2D eigenvalue weighted by Gasteiger charge is 2.59. The molecular weight excluding hydrogens is 600 g/mol. The van der Waals surface area contributed by atoms with Crippen molar-refractivity contribution in [2.45, 2.75) is 43.6 Å². The molecule has 6 N–H and O–H groups in total. The van der Waals surface area contributed by atoms with Gasteiger partial charge in [0.15, 0.2) is 17.2 Å². The number of carbonyl (C=O) groups excluding carboxylic acids is 3. The minimum Gasteiger partial charge on any atom is -0.508 e. The molecule has 2 aromatic carbocycles. The molecule has 1 unspecified atom stereocenters. The molecule has 0 saturated carbocycles. The fourth-order valence-electron chi connectivity index (χ4n) is 6.33. The molecule has 0 bridgehead atoms. The molecule has 44 heavy (non-hydrogen) atoms. The third-order valence-electron chi connectivity index (χ3n) is 8.54. The van der Waals surface area contributed by atoms with Gasteiger partial charge in [-0.3, -0.25) is 14.4 Å². The van der Waals surface area contributed by atoms with Gasteiger partial charge >= 0.3 is 12.4 Å². The Kier molecular flexibility index (Phi) is 6.99. The quantitative estimate of drug-likeness (QED) is 0.175. The zero-order valence-corrected chi connectivity index (χ0v) is 22.5. The predicted molar refractivity (Wildman–Crippen MR) is 141 cm³/mol. The van der Waals surface area contributed by atoms with Crippen LogP contribution in [0, 0.1) is 11.8 Å². The highest BCUT2D eigenvalue weighted by molar-refractivity contribution is 6.20. The molecule has 5 rings (SSSR count). The number of rotatable bonds is 3. The van der Waals surface area contributed by atoms with Crippen molar-refractivity contribution in [2.24, 2.45) is 17.6 Å². The van der Waals surface area contributed by atoms with Crippen LogP contribution in [0.5, 0.6) is 5.75 Å². The van der Waals surface area contributed by atoms with Gasteiger partial charge in [0.25, 0.3) is 5.91 Å². The van der Waals surface area contributed by atoms with Crippen LogP contribution < -0.4 is 5.73 Å². The van der Waals surface area contributed by atoms with E-state index in [1.807, 2.05) is 0 Å². The van der Waals surface area contributed by atoms with E-state index >= 15 is 0 Å². The molecule has 0 radical (unpaired) electrons. The van der Waals surface area contributed by atoms with Gasteiger partial charge in [0.05, 0.1) is 16.7 Å². The summed E-state index contributed by atoms with van der Waals surface area (Å²) in [5, 5.41) is 44.4. The van der Waals surface area contributed by atoms with Crippen LogP contribution in [0.2, 0.25) is 0 Å². The van der Waals surface area contributed by atoms with E-state index in [1.54, 1.807) is 6.92 Å². The minimum atomic E-state index is -5.08. The van der Waals surface area contributed by atoms with Crippen LogP contribution in [-0.4, -0.2) is 43.5 Å². The maximum absolute atomic E-state index is 13.7. The van der Waals surface area contributed by atoms with Crippen molar-refractivity contribution >= 4 is 29.6 Å². The molecule has 2 aromatic rings. The van der Waals surface area contributed by atoms with Gasteiger partial charge in [-0.05, 0) is 47.6 Å². The Hall–Kier alpha value is -4.59. The first-order valence-electron chi connectivity index (χ1n) is 13.1. The Morgan fingerprint density at radius 3 is 2.09 bits per heavy atom. The van der Waals surface area contributed by atoms with E-state index < -0.39 is 105 Å². The van der Waals surface area contributed by atoms with Crippen LogP contribution in [-0.2, 0) is 21.9 Å². The lowest BCUT2D eigenvalue weighted by molar-refractivity contribution is -0.143. The van der Waals surface area contributed by atoms with E-state index in [9.17, 15) is 61.2 Å². The molecule has 0 fully saturated rings. The number of aliphatic hydroxyl groups excluding tert-OH is 2. The average Bonchev–Trinajstić information content (AvgIpc) is 2.91. The van der Waals surface area contributed by atoms with Gasteiger partial charge in [-0.15, -0.1) is 0 Å². The van der Waals surface area contributed by atoms with Crippen LogP contribution in [0.25, 0.3) is 12.2 Å².